The molecule has 2 saturated heterocycles. The van der Waals surface area contributed by atoms with Crippen LogP contribution in [0.25, 0.3) is 0 Å². The fourth-order valence-electron chi connectivity index (χ4n) is 4.58. The molecule has 0 unspecified atom stereocenters. The number of piperidine rings is 2. The van der Waals surface area contributed by atoms with Crippen molar-refractivity contribution in [3.8, 4) is 5.75 Å². The van der Waals surface area contributed by atoms with Crippen molar-refractivity contribution in [3.63, 3.8) is 0 Å². The molecule has 6 heteroatoms. The van der Waals surface area contributed by atoms with Crippen LogP contribution in [0.5, 0.6) is 5.75 Å². The van der Waals surface area contributed by atoms with Crippen LogP contribution in [0.15, 0.2) is 42.6 Å². The van der Waals surface area contributed by atoms with Crippen LogP contribution in [-0.4, -0.2) is 58.9 Å². The third-order valence-electron chi connectivity index (χ3n) is 6.58. The van der Waals surface area contributed by atoms with Crippen molar-refractivity contribution in [2.75, 3.05) is 26.2 Å². The van der Waals surface area contributed by atoms with E-state index >= 15 is 0 Å². The highest BCUT2D eigenvalue weighted by atomic mass is 16.5. The molecular weight excluding hydrogens is 402 g/mol. The number of rotatable bonds is 5. The van der Waals surface area contributed by atoms with Crippen LogP contribution >= 0.6 is 0 Å². The molecule has 2 fully saturated rings. The summed E-state index contributed by atoms with van der Waals surface area (Å²) in [7, 11) is 0. The number of aromatic nitrogens is 1. The van der Waals surface area contributed by atoms with Crippen molar-refractivity contribution < 1.29 is 14.3 Å². The monoisotopic (exact) mass is 435 g/mol. The van der Waals surface area contributed by atoms with Crippen molar-refractivity contribution >= 4 is 11.8 Å². The van der Waals surface area contributed by atoms with E-state index in [1.807, 2.05) is 60.0 Å². The van der Waals surface area contributed by atoms with E-state index in [9.17, 15) is 9.59 Å². The number of likely N-dealkylation sites (tertiary alicyclic amines) is 2. The molecule has 1 aromatic carbocycles. The van der Waals surface area contributed by atoms with E-state index in [0.717, 1.165) is 55.8 Å². The number of carbonyl (C=O) groups excluding carboxylic acids is 2. The molecule has 4 rings (SSSR count). The minimum absolute atomic E-state index is 0.0273. The van der Waals surface area contributed by atoms with Gasteiger partial charge in [-0.2, -0.15) is 0 Å². The van der Waals surface area contributed by atoms with E-state index in [1.165, 1.54) is 6.42 Å². The zero-order chi connectivity index (χ0) is 22.5. The average molecular weight is 436 g/mol. The van der Waals surface area contributed by atoms with E-state index in [-0.39, 0.29) is 11.8 Å². The predicted octanol–water partition coefficient (Wildman–Crippen LogP) is 4.19. The fraction of sp³-hybridized carbons (Fsp3) is 0.500. The second kappa shape index (κ2) is 10.2. The molecule has 0 spiro atoms. The molecule has 0 bridgehead atoms. The molecule has 170 valence electrons. The van der Waals surface area contributed by atoms with Crippen LogP contribution in [-0.2, 0) is 4.79 Å². The summed E-state index contributed by atoms with van der Waals surface area (Å²) in [5, 5.41) is 0. The smallest absolute Gasteiger partial charge is 0.263 e. The maximum Gasteiger partial charge on any atom is 0.263 e. The van der Waals surface area contributed by atoms with Crippen LogP contribution < -0.4 is 4.74 Å². The van der Waals surface area contributed by atoms with Gasteiger partial charge in [0, 0.05) is 44.0 Å². The lowest BCUT2D eigenvalue weighted by atomic mass is 9.92. The second-order valence-electron chi connectivity index (χ2n) is 9.00. The van der Waals surface area contributed by atoms with Crippen LogP contribution in [0.4, 0.5) is 0 Å². The van der Waals surface area contributed by atoms with Gasteiger partial charge in [-0.3, -0.25) is 14.6 Å². The van der Waals surface area contributed by atoms with Crippen molar-refractivity contribution in [1.82, 2.24) is 14.8 Å². The summed E-state index contributed by atoms with van der Waals surface area (Å²) < 4.78 is 5.84. The number of hydrogen-bond acceptors (Lipinski definition) is 4. The highest BCUT2D eigenvalue weighted by Gasteiger charge is 2.28. The number of carbonyl (C=O) groups is 2. The third-order valence-corrected chi connectivity index (χ3v) is 6.58. The summed E-state index contributed by atoms with van der Waals surface area (Å²) in [5.41, 5.74) is 2.84. The molecule has 6 nitrogen and oxygen atoms in total. The van der Waals surface area contributed by atoms with Gasteiger partial charge in [0.1, 0.15) is 5.75 Å². The number of nitrogens with zero attached hydrogens (tertiary/aromatic N) is 3. The Bertz CT molecular complexity index is 912. The van der Waals surface area contributed by atoms with Crippen molar-refractivity contribution in [2.45, 2.75) is 58.0 Å². The van der Waals surface area contributed by atoms with Crippen LogP contribution in [0.1, 0.15) is 66.6 Å². The fourth-order valence-corrected chi connectivity index (χ4v) is 4.58. The predicted molar refractivity (Wildman–Crippen MR) is 124 cm³/mol. The van der Waals surface area contributed by atoms with Gasteiger partial charge < -0.3 is 14.5 Å². The zero-order valence-electron chi connectivity index (χ0n) is 19.1. The minimum atomic E-state index is -0.507. The molecule has 1 aromatic heterocycles. The summed E-state index contributed by atoms with van der Waals surface area (Å²) in [6.07, 6.45) is 6.34. The van der Waals surface area contributed by atoms with Gasteiger partial charge >= 0.3 is 0 Å². The molecule has 32 heavy (non-hydrogen) atoms. The summed E-state index contributed by atoms with van der Waals surface area (Å²) in [6.45, 7) is 6.92. The highest BCUT2D eigenvalue weighted by Crippen LogP contribution is 2.27. The summed E-state index contributed by atoms with van der Waals surface area (Å²) in [6, 6.07) is 11.7. The molecule has 2 aliphatic heterocycles. The van der Waals surface area contributed by atoms with Gasteiger partial charge in [-0.15, -0.1) is 0 Å². The van der Waals surface area contributed by atoms with Gasteiger partial charge in [0.15, 0.2) is 6.10 Å². The number of pyridine rings is 1. The lowest BCUT2D eigenvalue weighted by Gasteiger charge is -2.33. The molecule has 0 N–H and O–H groups in total. The van der Waals surface area contributed by atoms with E-state index < -0.39 is 6.10 Å². The first-order valence-electron chi connectivity index (χ1n) is 11.8. The van der Waals surface area contributed by atoms with Crippen molar-refractivity contribution in [2.24, 2.45) is 0 Å². The SMILES string of the molecule is Cc1ccc(O[C@@H](C)C(=O)N2CCC(c3ccc(C(=O)N4CCCCC4)cn3)CC2)cc1. The molecule has 3 heterocycles. The van der Waals surface area contributed by atoms with Gasteiger partial charge in [-0.1, -0.05) is 17.7 Å². The Morgan fingerprint density at radius 1 is 0.938 bits per heavy atom. The lowest BCUT2D eigenvalue weighted by Crippen LogP contribution is -2.44. The first kappa shape index (κ1) is 22.3. The van der Waals surface area contributed by atoms with Crippen molar-refractivity contribution in [1.29, 1.82) is 0 Å². The molecule has 0 radical (unpaired) electrons. The molecule has 0 aliphatic carbocycles. The summed E-state index contributed by atoms with van der Waals surface area (Å²) >= 11 is 0. The van der Waals surface area contributed by atoms with Gasteiger partial charge in [-0.05, 0) is 70.2 Å². The highest BCUT2D eigenvalue weighted by molar-refractivity contribution is 5.94. The number of hydrogen-bond donors (Lipinski definition) is 0. The summed E-state index contributed by atoms with van der Waals surface area (Å²) in [5.74, 6) is 1.15. The second-order valence-corrected chi connectivity index (χ2v) is 9.00. The van der Waals surface area contributed by atoms with Crippen molar-refractivity contribution in [3.05, 3.63) is 59.4 Å². The topological polar surface area (TPSA) is 62.7 Å². The molecular formula is C26H33N3O3. The maximum absolute atomic E-state index is 12.8. The van der Waals surface area contributed by atoms with Crippen LogP contribution in [0.2, 0.25) is 0 Å². The Kier molecular flexibility index (Phi) is 7.08. The van der Waals surface area contributed by atoms with Crippen LogP contribution in [0, 0.1) is 6.92 Å². The normalized spacial score (nSPS) is 18.3. The number of aryl methyl sites for hydroxylation is 1. The zero-order valence-corrected chi connectivity index (χ0v) is 19.1. The average Bonchev–Trinajstić information content (AvgIpc) is 2.85. The molecule has 2 aliphatic rings. The molecule has 0 saturated carbocycles. The largest absolute Gasteiger partial charge is 0.481 e. The van der Waals surface area contributed by atoms with E-state index in [0.29, 0.717) is 24.6 Å². The Balaban J connectivity index is 1.28. The van der Waals surface area contributed by atoms with Gasteiger partial charge in [-0.25, -0.2) is 0 Å². The standard InChI is InChI=1S/C26H33N3O3/c1-19-6-9-23(10-7-19)32-20(2)25(30)29-16-12-21(13-17-29)24-11-8-22(18-27-24)26(31)28-14-4-3-5-15-28/h6-11,18,20-21H,3-5,12-17H2,1-2H3/t20-/m0/s1. The minimum Gasteiger partial charge on any atom is -0.481 e. The Hall–Kier alpha value is -2.89. The molecule has 1 atom stereocenters. The number of ether oxygens (including phenoxy) is 1. The van der Waals surface area contributed by atoms with E-state index in [2.05, 4.69) is 4.98 Å². The third kappa shape index (κ3) is 5.29. The molecule has 2 amide bonds. The number of amides is 2. The number of benzene rings is 1. The maximum atomic E-state index is 12.8. The Morgan fingerprint density at radius 3 is 2.25 bits per heavy atom. The Morgan fingerprint density at radius 2 is 1.62 bits per heavy atom. The Labute approximate surface area is 190 Å². The van der Waals surface area contributed by atoms with E-state index in [1.54, 1.807) is 6.20 Å². The molecule has 2 aromatic rings. The first-order valence-corrected chi connectivity index (χ1v) is 11.8. The van der Waals surface area contributed by atoms with Crippen LogP contribution in [0.3, 0.4) is 0 Å². The van der Waals surface area contributed by atoms with Gasteiger partial charge in [0.25, 0.3) is 11.8 Å². The quantitative estimate of drug-likeness (QED) is 0.707. The summed E-state index contributed by atoms with van der Waals surface area (Å²) in [4.78, 5) is 33.9. The first-order chi connectivity index (χ1) is 15.5. The van der Waals surface area contributed by atoms with E-state index in [4.69, 9.17) is 4.74 Å². The van der Waals surface area contributed by atoms with Gasteiger partial charge in [0.05, 0.1) is 5.56 Å². The lowest BCUT2D eigenvalue weighted by molar-refractivity contribution is -0.139. The van der Waals surface area contributed by atoms with Gasteiger partial charge in [0.2, 0.25) is 0 Å².